The first kappa shape index (κ1) is 16.6. The van der Waals surface area contributed by atoms with Gasteiger partial charge in [0.2, 0.25) is 0 Å². The van der Waals surface area contributed by atoms with Gasteiger partial charge in [0.05, 0.1) is 5.69 Å². The number of aryl methyl sites for hydroxylation is 2. The molecule has 1 N–H and O–H groups in total. The number of carbonyl (C=O) groups excluding carboxylic acids is 1. The van der Waals surface area contributed by atoms with Crippen LogP contribution < -0.4 is 5.32 Å². The number of hydrogen-bond acceptors (Lipinski definition) is 4. The van der Waals surface area contributed by atoms with E-state index >= 15 is 0 Å². The maximum Gasteiger partial charge on any atom is 0.251 e. The highest BCUT2D eigenvalue weighted by molar-refractivity contribution is 5.93. The summed E-state index contributed by atoms with van der Waals surface area (Å²) in [6, 6.07) is 3.48. The van der Waals surface area contributed by atoms with Crippen LogP contribution in [0.15, 0.2) is 30.7 Å². The van der Waals surface area contributed by atoms with E-state index in [2.05, 4.69) is 40.3 Å². The van der Waals surface area contributed by atoms with Gasteiger partial charge in [-0.3, -0.25) is 19.4 Å². The van der Waals surface area contributed by atoms with Crippen molar-refractivity contribution in [1.82, 2.24) is 25.0 Å². The van der Waals surface area contributed by atoms with Crippen LogP contribution in [0.4, 0.5) is 0 Å². The average molecular weight is 327 g/mol. The molecule has 0 radical (unpaired) electrons. The molecule has 2 aromatic rings. The maximum absolute atomic E-state index is 12.1. The molecule has 0 bridgehead atoms. The van der Waals surface area contributed by atoms with Crippen molar-refractivity contribution < 1.29 is 4.79 Å². The van der Waals surface area contributed by atoms with Gasteiger partial charge in [-0.15, -0.1) is 0 Å². The van der Waals surface area contributed by atoms with E-state index in [0.717, 1.165) is 44.8 Å². The molecule has 0 spiro atoms. The summed E-state index contributed by atoms with van der Waals surface area (Å²) >= 11 is 0. The summed E-state index contributed by atoms with van der Waals surface area (Å²) in [4.78, 5) is 18.5. The Morgan fingerprint density at radius 3 is 2.88 bits per heavy atom. The third-order valence-corrected chi connectivity index (χ3v) is 4.63. The Balaban J connectivity index is 1.47. The van der Waals surface area contributed by atoms with Gasteiger partial charge in [-0.05, 0) is 44.9 Å². The minimum absolute atomic E-state index is 0.0177. The molecule has 3 rings (SSSR count). The van der Waals surface area contributed by atoms with Crippen LogP contribution in [0.1, 0.15) is 35.0 Å². The van der Waals surface area contributed by atoms with Gasteiger partial charge >= 0.3 is 0 Å². The Morgan fingerprint density at radius 2 is 2.17 bits per heavy atom. The summed E-state index contributed by atoms with van der Waals surface area (Å²) < 4.78 is 1.99. The van der Waals surface area contributed by atoms with Crippen LogP contribution in [-0.4, -0.2) is 45.2 Å². The molecule has 128 valence electrons. The van der Waals surface area contributed by atoms with Gasteiger partial charge in [-0.1, -0.05) is 0 Å². The molecule has 0 saturated carbocycles. The van der Waals surface area contributed by atoms with Crippen LogP contribution in [0.25, 0.3) is 0 Å². The van der Waals surface area contributed by atoms with Crippen molar-refractivity contribution >= 4 is 5.91 Å². The van der Waals surface area contributed by atoms with E-state index in [1.807, 2.05) is 4.68 Å². The standard InChI is InChI=1S/C18H25N5O/c1-3-23-13-17(14(2)21-23)12-22-9-6-15(11-22)10-20-18(24)16-4-7-19-8-5-16/h4-5,7-8,13,15H,3,6,9-12H2,1-2H3,(H,20,24)/t15-/m0/s1. The van der Waals surface area contributed by atoms with Crippen molar-refractivity contribution in [3.8, 4) is 0 Å². The third-order valence-electron chi connectivity index (χ3n) is 4.63. The van der Waals surface area contributed by atoms with Crippen molar-refractivity contribution in [2.24, 2.45) is 5.92 Å². The summed E-state index contributed by atoms with van der Waals surface area (Å²) in [6.07, 6.45) is 6.56. The molecule has 1 amide bonds. The Bertz CT molecular complexity index is 682. The van der Waals surface area contributed by atoms with Gasteiger partial charge in [0.1, 0.15) is 0 Å². The molecule has 3 heterocycles. The predicted molar refractivity (Wildman–Crippen MR) is 92.6 cm³/mol. The molecular weight excluding hydrogens is 302 g/mol. The lowest BCUT2D eigenvalue weighted by Crippen LogP contribution is -2.31. The molecule has 1 atom stereocenters. The third kappa shape index (κ3) is 4.00. The molecule has 6 heteroatoms. The van der Waals surface area contributed by atoms with Crippen LogP contribution in [-0.2, 0) is 13.1 Å². The normalized spacial score (nSPS) is 18.0. The van der Waals surface area contributed by atoms with Gasteiger partial charge < -0.3 is 5.32 Å². The zero-order valence-electron chi connectivity index (χ0n) is 14.4. The smallest absolute Gasteiger partial charge is 0.251 e. The average Bonchev–Trinajstić information content (AvgIpc) is 3.20. The highest BCUT2D eigenvalue weighted by atomic mass is 16.1. The Hall–Kier alpha value is -2.21. The van der Waals surface area contributed by atoms with Crippen LogP contribution in [0.5, 0.6) is 0 Å². The Labute approximate surface area is 142 Å². The molecule has 2 aromatic heterocycles. The second-order valence-corrected chi connectivity index (χ2v) is 6.43. The van der Waals surface area contributed by atoms with Crippen LogP contribution >= 0.6 is 0 Å². The van der Waals surface area contributed by atoms with E-state index in [-0.39, 0.29) is 5.91 Å². The van der Waals surface area contributed by atoms with Crippen LogP contribution in [0, 0.1) is 12.8 Å². The van der Waals surface area contributed by atoms with Crippen molar-refractivity contribution in [2.45, 2.75) is 33.4 Å². The van der Waals surface area contributed by atoms with Gasteiger partial charge in [-0.2, -0.15) is 5.10 Å². The van der Waals surface area contributed by atoms with Crippen molar-refractivity contribution in [3.63, 3.8) is 0 Å². The van der Waals surface area contributed by atoms with E-state index in [4.69, 9.17) is 0 Å². The number of hydrogen-bond donors (Lipinski definition) is 1. The molecule has 0 aliphatic carbocycles. The topological polar surface area (TPSA) is 63.0 Å². The molecule has 1 aliphatic heterocycles. The van der Waals surface area contributed by atoms with E-state index in [0.29, 0.717) is 11.5 Å². The maximum atomic E-state index is 12.1. The fraction of sp³-hybridized carbons (Fsp3) is 0.500. The fourth-order valence-electron chi connectivity index (χ4n) is 3.18. The zero-order chi connectivity index (χ0) is 16.9. The van der Waals surface area contributed by atoms with Crippen molar-refractivity contribution in [3.05, 3.63) is 47.5 Å². The predicted octanol–water partition coefficient (Wildman–Crippen LogP) is 1.86. The monoisotopic (exact) mass is 327 g/mol. The fourth-order valence-corrected chi connectivity index (χ4v) is 3.18. The first-order valence-electron chi connectivity index (χ1n) is 8.59. The first-order chi connectivity index (χ1) is 11.7. The number of amides is 1. The largest absolute Gasteiger partial charge is 0.352 e. The molecular formula is C18H25N5O. The van der Waals surface area contributed by atoms with Gasteiger partial charge in [-0.25, -0.2) is 0 Å². The number of aromatic nitrogens is 3. The first-order valence-corrected chi connectivity index (χ1v) is 8.59. The second kappa shape index (κ2) is 7.57. The number of nitrogens with one attached hydrogen (secondary N) is 1. The lowest BCUT2D eigenvalue weighted by molar-refractivity contribution is 0.0947. The minimum Gasteiger partial charge on any atom is -0.352 e. The van der Waals surface area contributed by atoms with Crippen molar-refractivity contribution in [1.29, 1.82) is 0 Å². The molecule has 24 heavy (non-hydrogen) atoms. The molecule has 1 aliphatic rings. The van der Waals surface area contributed by atoms with E-state index in [1.165, 1.54) is 5.56 Å². The number of pyridine rings is 1. The highest BCUT2D eigenvalue weighted by Crippen LogP contribution is 2.19. The lowest BCUT2D eigenvalue weighted by Gasteiger charge is -2.16. The quantitative estimate of drug-likeness (QED) is 0.880. The zero-order valence-corrected chi connectivity index (χ0v) is 14.4. The van der Waals surface area contributed by atoms with Crippen LogP contribution in [0.2, 0.25) is 0 Å². The minimum atomic E-state index is -0.0177. The summed E-state index contributed by atoms with van der Waals surface area (Å²) in [6.45, 7) is 8.85. The summed E-state index contributed by atoms with van der Waals surface area (Å²) in [5.74, 6) is 0.494. The summed E-state index contributed by atoms with van der Waals surface area (Å²) in [5, 5.41) is 7.55. The highest BCUT2D eigenvalue weighted by Gasteiger charge is 2.23. The van der Waals surface area contributed by atoms with Crippen LogP contribution in [0.3, 0.4) is 0 Å². The Morgan fingerprint density at radius 1 is 1.38 bits per heavy atom. The number of likely N-dealkylation sites (tertiary alicyclic amines) is 1. The molecule has 0 aromatic carbocycles. The lowest BCUT2D eigenvalue weighted by atomic mass is 10.1. The van der Waals surface area contributed by atoms with Gasteiger partial charge in [0.15, 0.2) is 0 Å². The number of rotatable bonds is 6. The molecule has 1 fully saturated rings. The SMILES string of the molecule is CCn1cc(CN2CC[C@@H](CNC(=O)c3ccncc3)C2)c(C)n1. The number of nitrogens with zero attached hydrogens (tertiary/aromatic N) is 4. The number of carbonyl (C=O) groups is 1. The summed E-state index contributed by atoms with van der Waals surface area (Å²) in [7, 11) is 0. The van der Waals surface area contributed by atoms with E-state index < -0.39 is 0 Å². The second-order valence-electron chi connectivity index (χ2n) is 6.43. The molecule has 6 nitrogen and oxygen atoms in total. The van der Waals surface area contributed by atoms with Crippen molar-refractivity contribution in [2.75, 3.05) is 19.6 Å². The molecule has 0 unspecified atom stereocenters. The van der Waals surface area contributed by atoms with E-state index in [1.54, 1.807) is 24.5 Å². The van der Waals surface area contributed by atoms with Gasteiger partial charge in [0.25, 0.3) is 5.91 Å². The Kier molecular flexibility index (Phi) is 5.25. The van der Waals surface area contributed by atoms with E-state index in [9.17, 15) is 4.79 Å². The summed E-state index contributed by atoms with van der Waals surface area (Å²) in [5.41, 5.74) is 3.09. The van der Waals surface area contributed by atoms with Gasteiger partial charge in [0, 0.05) is 55.9 Å². The molecule has 1 saturated heterocycles.